The molecule has 2 N–H and O–H groups in total. The lowest BCUT2D eigenvalue weighted by molar-refractivity contribution is 0.278. The Morgan fingerprint density at radius 1 is 1.23 bits per heavy atom. The Bertz CT molecular complexity index is 276. The van der Waals surface area contributed by atoms with Gasteiger partial charge < -0.3 is 15.2 Å². The van der Waals surface area contributed by atoms with Gasteiger partial charge in [-0.05, 0) is 26.0 Å². The van der Waals surface area contributed by atoms with Crippen LogP contribution < -0.4 is 15.2 Å². The fraction of sp³-hybridized carbons (Fsp3) is 0.444. The predicted molar refractivity (Wildman–Crippen MR) is 51.0 cm³/mol. The number of nitrogens with zero attached hydrogens (tertiary/aromatic N) is 1. The molecule has 1 aromatic rings. The van der Waals surface area contributed by atoms with Crippen molar-refractivity contribution >= 4 is 5.82 Å². The van der Waals surface area contributed by atoms with E-state index in [1.165, 1.54) is 0 Å². The van der Waals surface area contributed by atoms with Crippen LogP contribution in [0.5, 0.6) is 11.6 Å². The van der Waals surface area contributed by atoms with Gasteiger partial charge in [0.1, 0.15) is 5.82 Å². The van der Waals surface area contributed by atoms with Crippen LogP contribution in [0.15, 0.2) is 12.1 Å². The Kier molecular flexibility index (Phi) is 3.37. The van der Waals surface area contributed by atoms with Crippen molar-refractivity contribution in [1.29, 1.82) is 0 Å². The third kappa shape index (κ3) is 2.50. The van der Waals surface area contributed by atoms with E-state index < -0.39 is 0 Å². The summed E-state index contributed by atoms with van der Waals surface area (Å²) in [5, 5.41) is 0. The molecule has 0 saturated heterocycles. The van der Waals surface area contributed by atoms with Crippen molar-refractivity contribution in [2.45, 2.75) is 13.8 Å². The lowest BCUT2D eigenvalue weighted by Crippen LogP contribution is -2.02. The first-order valence-corrected chi connectivity index (χ1v) is 4.30. The molecule has 1 heterocycles. The molecule has 0 saturated carbocycles. The Hall–Kier alpha value is -1.45. The number of hydrogen-bond acceptors (Lipinski definition) is 4. The molecule has 0 fully saturated rings. The Balaban J connectivity index is 2.89. The van der Waals surface area contributed by atoms with E-state index in [1.807, 2.05) is 13.8 Å². The maximum Gasteiger partial charge on any atom is 0.258 e. The number of anilines is 1. The summed E-state index contributed by atoms with van der Waals surface area (Å²) in [6, 6.07) is 3.45. The number of ether oxygens (including phenoxy) is 2. The molecule has 72 valence electrons. The highest BCUT2D eigenvalue weighted by atomic mass is 16.5. The molecule has 0 aliphatic heterocycles. The fourth-order valence-corrected chi connectivity index (χ4v) is 0.947. The highest BCUT2D eigenvalue weighted by Crippen LogP contribution is 2.25. The van der Waals surface area contributed by atoms with Gasteiger partial charge >= 0.3 is 0 Å². The van der Waals surface area contributed by atoms with Crippen LogP contribution in [-0.4, -0.2) is 18.2 Å². The zero-order valence-electron chi connectivity index (χ0n) is 7.91. The van der Waals surface area contributed by atoms with E-state index in [2.05, 4.69) is 4.98 Å². The Morgan fingerprint density at radius 3 is 2.54 bits per heavy atom. The molecule has 1 aromatic heterocycles. The predicted octanol–water partition coefficient (Wildman–Crippen LogP) is 1.46. The quantitative estimate of drug-likeness (QED) is 0.765. The lowest BCUT2D eigenvalue weighted by atomic mass is 10.4. The maximum absolute atomic E-state index is 5.51. The first kappa shape index (κ1) is 9.64. The molecule has 0 aliphatic carbocycles. The summed E-state index contributed by atoms with van der Waals surface area (Å²) >= 11 is 0. The highest BCUT2D eigenvalue weighted by Gasteiger charge is 2.05. The van der Waals surface area contributed by atoms with Gasteiger partial charge in [0.2, 0.25) is 0 Å². The third-order valence-corrected chi connectivity index (χ3v) is 1.43. The molecule has 0 amide bonds. The summed E-state index contributed by atoms with van der Waals surface area (Å²) in [5.41, 5.74) is 5.51. The lowest BCUT2D eigenvalue weighted by Gasteiger charge is -2.09. The van der Waals surface area contributed by atoms with E-state index in [1.54, 1.807) is 12.1 Å². The number of nitrogens with two attached hydrogens (primary N) is 1. The summed E-state index contributed by atoms with van der Waals surface area (Å²) in [6.45, 7) is 4.94. The van der Waals surface area contributed by atoms with Gasteiger partial charge in [-0.15, -0.1) is 0 Å². The van der Waals surface area contributed by atoms with Crippen LogP contribution in [-0.2, 0) is 0 Å². The van der Waals surface area contributed by atoms with E-state index in [9.17, 15) is 0 Å². The number of nitrogen functional groups attached to an aromatic ring is 1. The standard InChI is InChI=1S/C9H14N2O2/c1-3-12-7-5-6-8(10)11-9(7)13-4-2/h5-6H,3-4H2,1-2H3,(H2,10,11). The van der Waals surface area contributed by atoms with Crippen LogP contribution in [0.4, 0.5) is 5.82 Å². The van der Waals surface area contributed by atoms with E-state index in [4.69, 9.17) is 15.2 Å². The van der Waals surface area contributed by atoms with Crippen LogP contribution in [0.1, 0.15) is 13.8 Å². The second-order valence-electron chi connectivity index (χ2n) is 2.41. The average molecular weight is 182 g/mol. The van der Waals surface area contributed by atoms with Crippen LogP contribution in [0, 0.1) is 0 Å². The Morgan fingerprint density at radius 2 is 1.92 bits per heavy atom. The van der Waals surface area contributed by atoms with Gasteiger partial charge in [-0.25, -0.2) is 0 Å². The summed E-state index contributed by atoms with van der Waals surface area (Å²) in [7, 11) is 0. The molecule has 0 unspecified atom stereocenters. The van der Waals surface area contributed by atoms with Crippen molar-refractivity contribution in [3.63, 3.8) is 0 Å². The van der Waals surface area contributed by atoms with Crippen LogP contribution in [0.3, 0.4) is 0 Å². The Labute approximate surface area is 77.7 Å². The number of rotatable bonds is 4. The second-order valence-corrected chi connectivity index (χ2v) is 2.41. The minimum absolute atomic E-state index is 0.437. The fourth-order valence-electron chi connectivity index (χ4n) is 0.947. The van der Waals surface area contributed by atoms with Gasteiger partial charge in [-0.2, -0.15) is 4.98 Å². The van der Waals surface area contributed by atoms with Crippen LogP contribution in [0.25, 0.3) is 0 Å². The summed E-state index contributed by atoms with van der Waals surface area (Å²) in [5.74, 6) is 1.54. The molecule has 0 atom stereocenters. The molecular weight excluding hydrogens is 168 g/mol. The summed E-state index contributed by atoms with van der Waals surface area (Å²) in [4.78, 5) is 4.01. The molecule has 0 aliphatic rings. The van der Waals surface area contributed by atoms with Crippen molar-refractivity contribution in [2.75, 3.05) is 18.9 Å². The number of hydrogen-bond donors (Lipinski definition) is 1. The van der Waals surface area contributed by atoms with Gasteiger partial charge in [0.25, 0.3) is 5.88 Å². The van der Waals surface area contributed by atoms with Crippen LogP contribution in [0.2, 0.25) is 0 Å². The second kappa shape index (κ2) is 4.54. The van der Waals surface area contributed by atoms with E-state index in [-0.39, 0.29) is 0 Å². The topological polar surface area (TPSA) is 57.4 Å². The highest BCUT2D eigenvalue weighted by molar-refractivity contribution is 5.41. The van der Waals surface area contributed by atoms with Crippen molar-refractivity contribution in [3.05, 3.63) is 12.1 Å². The summed E-state index contributed by atoms with van der Waals surface area (Å²) in [6.07, 6.45) is 0. The molecule has 0 radical (unpaired) electrons. The molecular formula is C9H14N2O2. The third-order valence-electron chi connectivity index (χ3n) is 1.43. The smallest absolute Gasteiger partial charge is 0.258 e. The average Bonchev–Trinajstić information content (AvgIpc) is 2.10. The van der Waals surface area contributed by atoms with E-state index in [0.29, 0.717) is 30.7 Å². The minimum atomic E-state index is 0.437. The number of pyridine rings is 1. The van der Waals surface area contributed by atoms with Gasteiger partial charge in [0, 0.05) is 0 Å². The first-order chi connectivity index (χ1) is 6.27. The van der Waals surface area contributed by atoms with Crippen LogP contribution >= 0.6 is 0 Å². The molecule has 0 aromatic carbocycles. The monoisotopic (exact) mass is 182 g/mol. The van der Waals surface area contributed by atoms with E-state index >= 15 is 0 Å². The molecule has 13 heavy (non-hydrogen) atoms. The molecule has 4 heteroatoms. The molecule has 0 bridgehead atoms. The molecule has 1 rings (SSSR count). The van der Waals surface area contributed by atoms with Gasteiger partial charge in [-0.1, -0.05) is 0 Å². The zero-order valence-corrected chi connectivity index (χ0v) is 7.91. The maximum atomic E-state index is 5.51. The minimum Gasteiger partial charge on any atom is -0.488 e. The van der Waals surface area contributed by atoms with Crippen molar-refractivity contribution in [2.24, 2.45) is 0 Å². The largest absolute Gasteiger partial charge is 0.488 e. The van der Waals surface area contributed by atoms with E-state index in [0.717, 1.165) is 0 Å². The summed E-state index contributed by atoms with van der Waals surface area (Å²) < 4.78 is 10.6. The normalized spacial score (nSPS) is 9.69. The SMILES string of the molecule is CCOc1ccc(N)nc1OCC. The van der Waals surface area contributed by atoms with Gasteiger partial charge in [0.05, 0.1) is 13.2 Å². The molecule has 0 spiro atoms. The van der Waals surface area contributed by atoms with Crippen molar-refractivity contribution in [1.82, 2.24) is 4.98 Å². The zero-order chi connectivity index (χ0) is 9.68. The van der Waals surface area contributed by atoms with Gasteiger partial charge in [0.15, 0.2) is 5.75 Å². The van der Waals surface area contributed by atoms with Gasteiger partial charge in [-0.3, -0.25) is 0 Å². The van der Waals surface area contributed by atoms with Crippen molar-refractivity contribution in [3.8, 4) is 11.6 Å². The number of aromatic nitrogens is 1. The molecule has 4 nitrogen and oxygen atoms in total. The first-order valence-electron chi connectivity index (χ1n) is 4.30. The van der Waals surface area contributed by atoms with Crippen molar-refractivity contribution < 1.29 is 9.47 Å².